The quantitative estimate of drug-likeness (QED) is 0.859. The average molecular weight is 333 g/mol. The first kappa shape index (κ1) is 11.2. The molecule has 1 N–H and O–H groups in total. The zero-order chi connectivity index (χ0) is 11.5. The molecule has 2 rings (SSSR count). The van der Waals surface area contributed by atoms with Gasteiger partial charge in [-0.25, -0.2) is 18.7 Å². The van der Waals surface area contributed by atoms with Crippen molar-refractivity contribution in [3.63, 3.8) is 0 Å². The van der Waals surface area contributed by atoms with Gasteiger partial charge in [-0.05, 0) is 34.7 Å². The van der Waals surface area contributed by atoms with Crippen molar-refractivity contribution in [2.45, 2.75) is 0 Å². The van der Waals surface area contributed by atoms with Crippen molar-refractivity contribution in [1.29, 1.82) is 0 Å². The van der Waals surface area contributed by atoms with Crippen LogP contribution >= 0.6 is 22.6 Å². The largest absolute Gasteiger partial charge is 0.339 e. The third kappa shape index (κ3) is 2.63. The Morgan fingerprint density at radius 3 is 2.44 bits per heavy atom. The molecular weight excluding hydrogens is 327 g/mol. The van der Waals surface area contributed by atoms with Crippen molar-refractivity contribution in [2.75, 3.05) is 5.32 Å². The molecule has 0 amide bonds. The normalized spacial score (nSPS) is 10.2. The summed E-state index contributed by atoms with van der Waals surface area (Å²) in [6.45, 7) is 0. The number of nitrogens with zero attached hydrogens (tertiary/aromatic N) is 2. The van der Waals surface area contributed by atoms with E-state index in [4.69, 9.17) is 0 Å². The second-order valence-corrected chi connectivity index (χ2v) is 4.16. The second-order valence-electron chi connectivity index (χ2n) is 3.00. The van der Waals surface area contributed by atoms with Crippen molar-refractivity contribution in [3.8, 4) is 0 Å². The van der Waals surface area contributed by atoms with Crippen LogP contribution in [0.25, 0.3) is 0 Å². The monoisotopic (exact) mass is 333 g/mol. The number of halogens is 3. The molecule has 82 valence electrons. The van der Waals surface area contributed by atoms with Gasteiger partial charge in [-0.15, -0.1) is 0 Å². The maximum atomic E-state index is 12.9. The predicted molar refractivity (Wildman–Crippen MR) is 64.4 cm³/mol. The maximum Gasteiger partial charge on any atom is 0.147 e. The number of rotatable bonds is 2. The summed E-state index contributed by atoms with van der Waals surface area (Å²) in [4.78, 5) is 7.77. The van der Waals surface area contributed by atoms with Crippen LogP contribution in [0.4, 0.5) is 20.3 Å². The third-order valence-corrected chi connectivity index (χ3v) is 2.58. The van der Waals surface area contributed by atoms with E-state index in [1.165, 1.54) is 18.5 Å². The first-order valence-corrected chi connectivity index (χ1v) is 5.41. The maximum absolute atomic E-state index is 12.9. The molecule has 0 saturated heterocycles. The number of hydrogen-bond donors (Lipinski definition) is 1. The van der Waals surface area contributed by atoms with Crippen molar-refractivity contribution < 1.29 is 8.78 Å². The predicted octanol–water partition coefficient (Wildman–Crippen LogP) is 3.10. The minimum absolute atomic E-state index is 0.314. The van der Waals surface area contributed by atoms with Crippen molar-refractivity contribution >= 4 is 34.1 Å². The lowest BCUT2D eigenvalue weighted by atomic mass is 10.3. The van der Waals surface area contributed by atoms with Gasteiger partial charge in [0.1, 0.15) is 23.8 Å². The lowest BCUT2D eigenvalue weighted by Gasteiger charge is -2.06. The van der Waals surface area contributed by atoms with E-state index in [2.05, 4.69) is 15.3 Å². The summed E-state index contributed by atoms with van der Waals surface area (Å²) in [5.41, 5.74) is 0.314. The van der Waals surface area contributed by atoms with Crippen molar-refractivity contribution in [1.82, 2.24) is 9.97 Å². The molecule has 0 atom stereocenters. The van der Waals surface area contributed by atoms with E-state index in [9.17, 15) is 8.78 Å². The summed E-state index contributed by atoms with van der Waals surface area (Å²) < 4.78 is 26.6. The van der Waals surface area contributed by atoms with Gasteiger partial charge in [0.2, 0.25) is 0 Å². The Bertz CT molecular complexity index is 499. The van der Waals surface area contributed by atoms with Crippen LogP contribution in [-0.4, -0.2) is 9.97 Å². The van der Waals surface area contributed by atoms with Gasteiger partial charge in [-0.3, -0.25) is 0 Å². The van der Waals surface area contributed by atoms with Gasteiger partial charge >= 0.3 is 0 Å². The van der Waals surface area contributed by atoms with Gasteiger partial charge in [0, 0.05) is 18.0 Å². The molecule has 0 saturated carbocycles. The molecule has 0 aliphatic carbocycles. The van der Waals surface area contributed by atoms with Gasteiger partial charge in [-0.2, -0.15) is 0 Å². The zero-order valence-corrected chi connectivity index (χ0v) is 10.1. The minimum atomic E-state index is -0.633. The van der Waals surface area contributed by atoms with Crippen LogP contribution in [-0.2, 0) is 0 Å². The Morgan fingerprint density at radius 2 is 1.81 bits per heavy atom. The SMILES string of the molecule is Fc1cc(F)cc(Nc2ncncc2I)c1. The first-order valence-electron chi connectivity index (χ1n) is 4.34. The van der Waals surface area contributed by atoms with Gasteiger partial charge < -0.3 is 5.32 Å². The molecule has 3 nitrogen and oxygen atoms in total. The molecule has 2 aromatic rings. The zero-order valence-electron chi connectivity index (χ0n) is 7.92. The molecular formula is C10H6F2IN3. The highest BCUT2D eigenvalue weighted by Crippen LogP contribution is 2.20. The smallest absolute Gasteiger partial charge is 0.147 e. The topological polar surface area (TPSA) is 37.8 Å². The van der Waals surface area contributed by atoms with Crippen molar-refractivity contribution in [2.24, 2.45) is 0 Å². The third-order valence-electron chi connectivity index (χ3n) is 1.79. The van der Waals surface area contributed by atoms with E-state index in [0.29, 0.717) is 11.5 Å². The van der Waals surface area contributed by atoms with Crippen LogP contribution in [0, 0.1) is 15.2 Å². The molecule has 6 heteroatoms. The molecule has 0 bridgehead atoms. The fourth-order valence-corrected chi connectivity index (χ4v) is 1.60. The Morgan fingerprint density at radius 1 is 1.12 bits per heavy atom. The molecule has 0 unspecified atom stereocenters. The molecule has 1 aromatic carbocycles. The second kappa shape index (κ2) is 4.69. The number of anilines is 2. The molecule has 1 heterocycles. The van der Waals surface area contributed by atoms with Crippen LogP contribution in [0.3, 0.4) is 0 Å². The van der Waals surface area contributed by atoms with Crippen LogP contribution in [0.15, 0.2) is 30.7 Å². The molecule has 0 spiro atoms. The van der Waals surface area contributed by atoms with E-state index in [1.54, 1.807) is 6.20 Å². The van der Waals surface area contributed by atoms with Gasteiger partial charge in [0.05, 0.1) is 3.57 Å². The minimum Gasteiger partial charge on any atom is -0.339 e. The van der Waals surface area contributed by atoms with E-state index in [-0.39, 0.29) is 0 Å². The Balaban J connectivity index is 2.30. The number of hydrogen-bond acceptors (Lipinski definition) is 3. The van der Waals surface area contributed by atoms with Crippen LogP contribution < -0.4 is 5.32 Å². The average Bonchev–Trinajstić information content (AvgIpc) is 2.20. The fraction of sp³-hybridized carbons (Fsp3) is 0. The van der Waals surface area contributed by atoms with Crippen LogP contribution in [0.2, 0.25) is 0 Å². The van der Waals surface area contributed by atoms with E-state index >= 15 is 0 Å². The number of nitrogens with one attached hydrogen (secondary N) is 1. The van der Waals surface area contributed by atoms with E-state index in [0.717, 1.165) is 9.64 Å². The van der Waals surface area contributed by atoms with Gasteiger partial charge in [0.15, 0.2) is 0 Å². The molecule has 1 aromatic heterocycles. The summed E-state index contributed by atoms with van der Waals surface area (Å²) in [6.07, 6.45) is 2.96. The summed E-state index contributed by atoms with van der Waals surface area (Å²) in [7, 11) is 0. The summed E-state index contributed by atoms with van der Waals surface area (Å²) in [5.74, 6) is -0.751. The number of aromatic nitrogens is 2. The van der Waals surface area contributed by atoms with Crippen LogP contribution in [0.5, 0.6) is 0 Å². The highest BCUT2D eigenvalue weighted by molar-refractivity contribution is 14.1. The molecule has 0 aliphatic rings. The van der Waals surface area contributed by atoms with Gasteiger partial charge in [-0.1, -0.05) is 0 Å². The lowest BCUT2D eigenvalue weighted by molar-refractivity contribution is 0.584. The number of benzene rings is 1. The Hall–Kier alpha value is -1.31. The van der Waals surface area contributed by atoms with Crippen LogP contribution in [0.1, 0.15) is 0 Å². The molecule has 0 radical (unpaired) electrons. The van der Waals surface area contributed by atoms with Crippen molar-refractivity contribution in [3.05, 3.63) is 45.9 Å². The highest BCUT2D eigenvalue weighted by Gasteiger charge is 2.04. The van der Waals surface area contributed by atoms with E-state index in [1.807, 2.05) is 22.6 Å². The summed E-state index contributed by atoms with van der Waals surface area (Å²) in [6, 6.07) is 3.21. The van der Waals surface area contributed by atoms with Gasteiger partial charge in [0.25, 0.3) is 0 Å². The molecule has 16 heavy (non-hydrogen) atoms. The highest BCUT2D eigenvalue weighted by atomic mass is 127. The Labute approximate surface area is 104 Å². The Kier molecular flexibility index (Phi) is 3.28. The van der Waals surface area contributed by atoms with E-state index < -0.39 is 11.6 Å². The summed E-state index contributed by atoms with van der Waals surface area (Å²) >= 11 is 2.03. The fourth-order valence-electron chi connectivity index (χ4n) is 1.17. The molecule has 0 aliphatic heterocycles. The lowest BCUT2D eigenvalue weighted by Crippen LogP contribution is -1.97. The molecule has 0 fully saturated rings. The first-order chi connectivity index (χ1) is 7.65. The summed E-state index contributed by atoms with van der Waals surface area (Å²) in [5, 5.41) is 2.82. The standard InChI is InChI=1S/C10H6F2IN3/c11-6-1-7(12)3-8(2-6)16-10-9(13)4-14-5-15-10/h1-5H,(H,14,15,16).